The SMILES string of the molecule is O=C(COc1ccc([N+](=O)[O-])cc1)OC1CCCCC1. The summed E-state index contributed by atoms with van der Waals surface area (Å²) in [5.74, 6) is 0.0199. The topological polar surface area (TPSA) is 78.7 Å². The van der Waals surface area contributed by atoms with Crippen molar-refractivity contribution in [3.63, 3.8) is 0 Å². The zero-order valence-electron chi connectivity index (χ0n) is 11.1. The van der Waals surface area contributed by atoms with Crippen molar-refractivity contribution in [3.8, 4) is 5.75 Å². The van der Waals surface area contributed by atoms with Crippen molar-refractivity contribution < 1.29 is 19.2 Å². The average Bonchev–Trinajstić information content (AvgIpc) is 2.46. The molecule has 20 heavy (non-hydrogen) atoms. The van der Waals surface area contributed by atoms with Gasteiger partial charge in [-0.25, -0.2) is 4.79 Å². The minimum atomic E-state index is -0.485. The van der Waals surface area contributed by atoms with E-state index < -0.39 is 10.9 Å². The van der Waals surface area contributed by atoms with E-state index in [2.05, 4.69) is 0 Å². The third-order valence-electron chi connectivity index (χ3n) is 3.25. The Morgan fingerprint density at radius 3 is 2.45 bits per heavy atom. The summed E-state index contributed by atoms with van der Waals surface area (Å²) in [5.41, 5.74) is -0.0119. The number of hydrogen-bond donors (Lipinski definition) is 0. The lowest BCUT2D eigenvalue weighted by Gasteiger charge is -2.21. The Hall–Kier alpha value is -2.11. The van der Waals surface area contributed by atoms with Crippen LogP contribution in [-0.4, -0.2) is 23.6 Å². The van der Waals surface area contributed by atoms with Gasteiger partial charge >= 0.3 is 5.97 Å². The Balaban J connectivity index is 1.76. The smallest absolute Gasteiger partial charge is 0.344 e. The lowest BCUT2D eigenvalue weighted by molar-refractivity contribution is -0.384. The van der Waals surface area contributed by atoms with Crippen LogP contribution in [0.3, 0.4) is 0 Å². The lowest BCUT2D eigenvalue weighted by atomic mass is 9.98. The van der Waals surface area contributed by atoms with Crippen LogP contribution in [0.2, 0.25) is 0 Å². The normalized spacial score (nSPS) is 15.6. The summed E-state index contributed by atoms with van der Waals surface area (Å²) in [7, 11) is 0. The molecule has 0 bridgehead atoms. The van der Waals surface area contributed by atoms with Crippen LogP contribution in [0.4, 0.5) is 5.69 Å². The van der Waals surface area contributed by atoms with Gasteiger partial charge in [-0.3, -0.25) is 10.1 Å². The Kier molecular flexibility index (Phi) is 4.92. The Morgan fingerprint density at radius 2 is 1.85 bits per heavy atom. The van der Waals surface area contributed by atoms with Crippen LogP contribution < -0.4 is 4.74 Å². The average molecular weight is 279 g/mol. The van der Waals surface area contributed by atoms with E-state index in [9.17, 15) is 14.9 Å². The van der Waals surface area contributed by atoms with Gasteiger partial charge in [0, 0.05) is 12.1 Å². The van der Waals surface area contributed by atoms with Crippen LogP contribution >= 0.6 is 0 Å². The van der Waals surface area contributed by atoms with E-state index in [1.54, 1.807) is 0 Å². The fraction of sp³-hybridized carbons (Fsp3) is 0.500. The molecule has 1 aliphatic carbocycles. The molecule has 0 spiro atoms. The van der Waals surface area contributed by atoms with Gasteiger partial charge in [-0.1, -0.05) is 6.42 Å². The number of ether oxygens (including phenoxy) is 2. The van der Waals surface area contributed by atoms with Gasteiger partial charge in [0.2, 0.25) is 0 Å². The summed E-state index contributed by atoms with van der Waals surface area (Å²) >= 11 is 0. The van der Waals surface area contributed by atoms with E-state index in [0.29, 0.717) is 5.75 Å². The van der Waals surface area contributed by atoms with E-state index >= 15 is 0 Å². The van der Waals surface area contributed by atoms with Crippen molar-refractivity contribution in [1.82, 2.24) is 0 Å². The molecule has 6 heteroatoms. The predicted octanol–water partition coefficient (Wildman–Crippen LogP) is 2.85. The third-order valence-corrected chi connectivity index (χ3v) is 3.25. The molecule has 0 saturated heterocycles. The maximum atomic E-state index is 11.6. The van der Waals surface area contributed by atoms with Crippen molar-refractivity contribution >= 4 is 11.7 Å². The number of benzene rings is 1. The molecule has 0 atom stereocenters. The minimum Gasteiger partial charge on any atom is -0.482 e. The number of non-ortho nitro benzene ring substituents is 1. The van der Waals surface area contributed by atoms with Crippen LogP contribution in [0, 0.1) is 10.1 Å². The van der Waals surface area contributed by atoms with E-state index in [1.807, 2.05) is 0 Å². The van der Waals surface area contributed by atoms with Gasteiger partial charge in [0.1, 0.15) is 11.9 Å². The third kappa shape index (κ3) is 4.22. The van der Waals surface area contributed by atoms with Crippen LogP contribution in [0.15, 0.2) is 24.3 Å². The highest BCUT2D eigenvalue weighted by Crippen LogP contribution is 2.21. The second-order valence-corrected chi connectivity index (χ2v) is 4.79. The summed E-state index contributed by atoms with van der Waals surface area (Å²) in [5, 5.41) is 10.5. The number of nitro groups is 1. The first-order valence-electron chi connectivity index (χ1n) is 6.72. The van der Waals surface area contributed by atoms with Crippen molar-refractivity contribution in [1.29, 1.82) is 0 Å². The molecule has 1 aromatic carbocycles. The molecule has 0 amide bonds. The highest BCUT2D eigenvalue weighted by atomic mass is 16.6. The molecule has 2 rings (SSSR count). The first-order chi connectivity index (χ1) is 9.65. The fourth-order valence-corrected chi connectivity index (χ4v) is 2.21. The summed E-state index contributed by atoms with van der Waals surface area (Å²) < 4.78 is 10.5. The second-order valence-electron chi connectivity index (χ2n) is 4.79. The fourth-order valence-electron chi connectivity index (χ4n) is 2.21. The van der Waals surface area contributed by atoms with E-state index in [1.165, 1.54) is 30.7 Å². The first-order valence-corrected chi connectivity index (χ1v) is 6.72. The van der Waals surface area contributed by atoms with Gasteiger partial charge in [-0.2, -0.15) is 0 Å². The highest BCUT2D eigenvalue weighted by molar-refractivity contribution is 5.71. The molecule has 1 fully saturated rings. The number of carbonyl (C=O) groups is 1. The van der Waals surface area contributed by atoms with E-state index in [0.717, 1.165) is 25.7 Å². The zero-order chi connectivity index (χ0) is 14.4. The largest absolute Gasteiger partial charge is 0.482 e. The predicted molar refractivity (Wildman–Crippen MR) is 71.6 cm³/mol. The number of rotatable bonds is 5. The van der Waals surface area contributed by atoms with Gasteiger partial charge in [-0.15, -0.1) is 0 Å². The van der Waals surface area contributed by atoms with Crippen LogP contribution in [0.5, 0.6) is 5.75 Å². The minimum absolute atomic E-state index is 0.0108. The molecular weight excluding hydrogens is 262 g/mol. The molecule has 0 radical (unpaired) electrons. The van der Waals surface area contributed by atoms with Gasteiger partial charge in [0.05, 0.1) is 4.92 Å². The lowest BCUT2D eigenvalue weighted by Crippen LogP contribution is -2.24. The highest BCUT2D eigenvalue weighted by Gasteiger charge is 2.17. The summed E-state index contributed by atoms with van der Waals surface area (Å²) in [6.07, 6.45) is 5.25. The van der Waals surface area contributed by atoms with E-state index in [4.69, 9.17) is 9.47 Å². The summed E-state index contributed by atoms with van der Waals surface area (Å²) in [6.45, 7) is -0.172. The zero-order valence-corrected chi connectivity index (χ0v) is 11.1. The molecule has 1 saturated carbocycles. The maximum Gasteiger partial charge on any atom is 0.344 e. The standard InChI is InChI=1S/C14H17NO5/c16-14(20-13-4-2-1-3-5-13)10-19-12-8-6-11(7-9-12)15(17)18/h6-9,13H,1-5,10H2. The van der Waals surface area contributed by atoms with Crippen molar-refractivity contribution in [3.05, 3.63) is 34.4 Å². The summed E-state index contributed by atoms with van der Waals surface area (Å²) in [4.78, 5) is 21.6. The number of esters is 1. The molecule has 108 valence electrons. The molecule has 6 nitrogen and oxygen atoms in total. The Labute approximate surface area is 116 Å². The van der Waals surface area contributed by atoms with Crippen LogP contribution in [-0.2, 0) is 9.53 Å². The molecule has 0 N–H and O–H groups in total. The number of nitrogens with zero attached hydrogens (tertiary/aromatic N) is 1. The van der Waals surface area contributed by atoms with Crippen molar-refractivity contribution in [2.24, 2.45) is 0 Å². The van der Waals surface area contributed by atoms with Crippen LogP contribution in [0.25, 0.3) is 0 Å². The maximum absolute atomic E-state index is 11.6. The van der Waals surface area contributed by atoms with E-state index in [-0.39, 0.29) is 18.4 Å². The molecule has 1 aliphatic rings. The van der Waals surface area contributed by atoms with Gasteiger partial charge in [0.25, 0.3) is 5.69 Å². The van der Waals surface area contributed by atoms with Gasteiger partial charge < -0.3 is 9.47 Å². The van der Waals surface area contributed by atoms with Gasteiger partial charge in [-0.05, 0) is 37.8 Å². The monoisotopic (exact) mass is 279 g/mol. The van der Waals surface area contributed by atoms with Crippen molar-refractivity contribution in [2.75, 3.05) is 6.61 Å². The molecular formula is C14H17NO5. The van der Waals surface area contributed by atoms with Crippen LogP contribution in [0.1, 0.15) is 32.1 Å². The molecule has 0 unspecified atom stereocenters. The molecule has 0 aromatic heterocycles. The first kappa shape index (κ1) is 14.3. The Morgan fingerprint density at radius 1 is 1.20 bits per heavy atom. The number of carbonyl (C=O) groups excluding carboxylic acids is 1. The Bertz CT molecular complexity index is 465. The number of hydrogen-bond acceptors (Lipinski definition) is 5. The van der Waals surface area contributed by atoms with Crippen molar-refractivity contribution in [2.45, 2.75) is 38.2 Å². The molecule has 0 heterocycles. The summed E-state index contributed by atoms with van der Waals surface area (Å²) in [6, 6.07) is 5.60. The quantitative estimate of drug-likeness (QED) is 0.470. The number of nitro benzene ring substituents is 1. The van der Waals surface area contributed by atoms with Gasteiger partial charge in [0.15, 0.2) is 6.61 Å². The molecule has 0 aliphatic heterocycles. The second kappa shape index (κ2) is 6.88. The molecule has 1 aromatic rings.